The minimum absolute atomic E-state index is 0.154. The Morgan fingerprint density at radius 1 is 1.57 bits per heavy atom. The highest BCUT2D eigenvalue weighted by Crippen LogP contribution is 2.46. The van der Waals surface area contributed by atoms with Crippen LogP contribution in [0.1, 0.15) is 6.92 Å². The van der Waals surface area contributed by atoms with E-state index < -0.39 is 0 Å². The van der Waals surface area contributed by atoms with Gasteiger partial charge in [0, 0.05) is 0 Å². The van der Waals surface area contributed by atoms with Crippen LogP contribution < -0.4 is 0 Å². The molecule has 2 saturated heterocycles. The molecule has 3 unspecified atom stereocenters. The molecule has 0 aliphatic carbocycles. The van der Waals surface area contributed by atoms with Gasteiger partial charge in [-0.25, -0.2) is 0 Å². The van der Waals surface area contributed by atoms with Gasteiger partial charge in [0.15, 0.2) is 0 Å². The van der Waals surface area contributed by atoms with Crippen molar-refractivity contribution < 1.29 is 4.65 Å². The Morgan fingerprint density at radius 2 is 2.29 bits per heavy atom. The van der Waals surface area contributed by atoms with Gasteiger partial charge in [0.05, 0.1) is 12.5 Å². The summed E-state index contributed by atoms with van der Waals surface area (Å²) in [7, 11) is 0. The SMILES string of the molecule is CC1C[N+]2([O-])CC12. The molecular weight excluding hydrogens is 90.1 g/mol. The third-order valence-corrected chi connectivity index (χ3v) is 2.22. The molecule has 2 nitrogen and oxygen atoms in total. The van der Waals surface area contributed by atoms with Crippen LogP contribution in [0.15, 0.2) is 0 Å². The van der Waals surface area contributed by atoms with Crippen molar-refractivity contribution in [2.45, 2.75) is 13.0 Å². The van der Waals surface area contributed by atoms with Gasteiger partial charge in [-0.3, -0.25) is 0 Å². The van der Waals surface area contributed by atoms with Crippen molar-refractivity contribution in [2.75, 3.05) is 13.1 Å². The summed E-state index contributed by atoms with van der Waals surface area (Å²) in [6, 6.07) is 0.528. The second-order valence-electron chi connectivity index (χ2n) is 2.86. The van der Waals surface area contributed by atoms with Gasteiger partial charge in [0.2, 0.25) is 0 Å². The van der Waals surface area contributed by atoms with E-state index in [1.807, 2.05) is 0 Å². The molecule has 0 aromatic carbocycles. The average Bonchev–Trinajstić information content (AvgIpc) is 2.10. The fourth-order valence-electron chi connectivity index (χ4n) is 1.59. The van der Waals surface area contributed by atoms with Crippen molar-refractivity contribution in [1.82, 2.24) is 0 Å². The largest absolute Gasteiger partial charge is 0.632 e. The van der Waals surface area contributed by atoms with Crippen LogP contribution in [0.3, 0.4) is 0 Å². The Morgan fingerprint density at radius 3 is 2.29 bits per heavy atom. The smallest absolute Gasteiger partial charge is 0.147 e. The number of quaternary nitrogens is 1. The van der Waals surface area contributed by atoms with E-state index in [1.54, 1.807) is 0 Å². The predicted molar refractivity (Wildman–Crippen MR) is 26.3 cm³/mol. The predicted octanol–water partition coefficient (Wildman–Crippen LogP) is 0.333. The van der Waals surface area contributed by atoms with Crippen molar-refractivity contribution >= 4 is 0 Å². The van der Waals surface area contributed by atoms with Crippen LogP contribution >= 0.6 is 0 Å². The maximum atomic E-state index is 10.8. The maximum Gasteiger partial charge on any atom is 0.147 e. The lowest BCUT2D eigenvalue weighted by Gasteiger charge is -2.35. The molecule has 0 aromatic rings. The Hall–Kier alpha value is -0.0800. The molecule has 40 valence electrons. The van der Waals surface area contributed by atoms with E-state index >= 15 is 0 Å². The molecule has 2 heteroatoms. The molecule has 0 spiro atoms. The van der Waals surface area contributed by atoms with E-state index in [4.69, 9.17) is 0 Å². The second-order valence-corrected chi connectivity index (χ2v) is 2.86. The normalized spacial score (nSPS) is 66.0. The van der Waals surface area contributed by atoms with Crippen molar-refractivity contribution in [2.24, 2.45) is 5.92 Å². The molecule has 2 aliphatic rings. The number of hydrogen-bond donors (Lipinski definition) is 0. The number of hydrogen-bond acceptors (Lipinski definition) is 1. The summed E-state index contributed by atoms with van der Waals surface area (Å²) in [5.74, 6) is 0.734. The van der Waals surface area contributed by atoms with E-state index in [2.05, 4.69) is 6.92 Å². The molecule has 3 atom stereocenters. The van der Waals surface area contributed by atoms with Gasteiger partial charge in [0.25, 0.3) is 0 Å². The van der Waals surface area contributed by atoms with Crippen LogP contribution in [0.2, 0.25) is 0 Å². The molecule has 0 radical (unpaired) electrons. The Bertz CT molecular complexity index is 115. The Kier molecular flexibility index (Phi) is 0.408. The second kappa shape index (κ2) is 0.740. The summed E-state index contributed by atoms with van der Waals surface area (Å²) in [6.07, 6.45) is 0. The van der Waals surface area contributed by atoms with Gasteiger partial charge in [-0.2, -0.15) is 0 Å². The minimum atomic E-state index is 0.154. The quantitative estimate of drug-likeness (QED) is 0.244. The first-order chi connectivity index (χ1) is 3.22. The molecule has 0 bridgehead atoms. The van der Waals surface area contributed by atoms with Crippen molar-refractivity contribution in [3.05, 3.63) is 5.21 Å². The molecule has 0 saturated carbocycles. The molecule has 2 aliphatic heterocycles. The topological polar surface area (TPSA) is 23.1 Å². The Labute approximate surface area is 42.9 Å². The fourth-order valence-corrected chi connectivity index (χ4v) is 1.59. The minimum Gasteiger partial charge on any atom is -0.632 e. The van der Waals surface area contributed by atoms with Gasteiger partial charge in [-0.15, -0.1) is 0 Å². The van der Waals surface area contributed by atoms with Crippen LogP contribution in [0.4, 0.5) is 0 Å². The number of fused-ring (bicyclic) bond motifs is 1. The van der Waals surface area contributed by atoms with Crippen LogP contribution in [0, 0.1) is 11.1 Å². The zero-order valence-electron chi connectivity index (χ0n) is 4.42. The van der Waals surface area contributed by atoms with Gasteiger partial charge in [-0.05, 0) is 0 Å². The third kappa shape index (κ3) is 0.283. The standard InChI is InChI=1S/C5H9NO/c1-4-2-6(7)3-5(4)6/h4-5H,2-3H2,1H3. The molecule has 0 amide bonds. The first-order valence-electron chi connectivity index (χ1n) is 2.80. The van der Waals surface area contributed by atoms with E-state index in [9.17, 15) is 5.21 Å². The zero-order valence-corrected chi connectivity index (χ0v) is 4.42. The van der Waals surface area contributed by atoms with E-state index in [-0.39, 0.29) is 4.65 Å². The zero-order chi connectivity index (χ0) is 5.07. The van der Waals surface area contributed by atoms with Crippen molar-refractivity contribution in [3.8, 4) is 0 Å². The number of rotatable bonds is 0. The lowest BCUT2D eigenvalue weighted by atomic mass is 10.0. The highest BCUT2D eigenvalue weighted by atomic mass is 16.6. The summed E-state index contributed by atoms with van der Waals surface area (Å²) >= 11 is 0. The van der Waals surface area contributed by atoms with Crippen LogP contribution in [0.25, 0.3) is 0 Å². The lowest BCUT2D eigenvalue weighted by molar-refractivity contribution is -0.806. The molecule has 2 fully saturated rings. The average molecular weight is 99.1 g/mol. The molecule has 0 aromatic heterocycles. The summed E-state index contributed by atoms with van der Waals surface area (Å²) in [5.41, 5.74) is 0. The van der Waals surface area contributed by atoms with Gasteiger partial charge >= 0.3 is 0 Å². The van der Waals surface area contributed by atoms with Gasteiger partial charge in [-0.1, -0.05) is 6.92 Å². The maximum absolute atomic E-state index is 10.8. The molecular formula is C5H9NO. The van der Waals surface area contributed by atoms with Gasteiger partial charge in [0.1, 0.15) is 12.6 Å². The van der Waals surface area contributed by atoms with Crippen molar-refractivity contribution in [1.29, 1.82) is 0 Å². The van der Waals surface area contributed by atoms with Gasteiger partial charge < -0.3 is 9.85 Å². The van der Waals surface area contributed by atoms with Crippen LogP contribution in [0.5, 0.6) is 0 Å². The number of nitrogens with zero attached hydrogens (tertiary/aromatic N) is 1. The summed E-state index contributed by atoms with van der Waals surface area (Å²) in [5, 5.41) is 10.8. The molecule has 0 N–H and O–H groups in total. The first-order valence-corrected chi connectivity index (χ1v) is 2.80. The van der Waals surface area contributed by atoms with Crippen LogP contribution in [-0.4, -0.2) is 23.8 Å². The third-order valence-electron chi connectivity index (χ3n) is 2.22. The highest BCUT2D eigenvalue weighted by molar-refractivity contribution is 4.90. The molecule has 7 heavy (non-hydrogen) atoms. The van der Waals surface area contributed by atoms with E-state index in [1.165, 1.54) is 0 Å². The van der Waals surface area contributed by atoms with E-state index in [0.29, 0.717) is 6.04 Å². The lowest BCUT2D eigenvalue weighted by Crippen LogP contribution is -2.41. The van der Waals surface area contributed by atoms with E-state index in [0.717, 1.165) is 19.0 Å². The molecule has 2 heterocycles. The number of hydroxylamine groups is 3. The highest BCUT2D eigenvalue weighted by Gasteiger charge is 2.61. The summed E-state index contributed by atoms with van der Waals surface area (Å²) in [4.78, 5) is 0. The molecule has 2 rings (SSSR count). The monoisotopic (exact) mass is 99.1 g/mol. The van der Waals surface area contributed by atoms with Crippen LogP contribution in [-0.2, 0) is 0 Å². The first kappa shape index (κ1) is 3.87. The fraction of sp³-hybridized carbons (Fsp3) is 1.00. The van der Waals surface area contributed by atoms with Crippen molar-refractivity contribution in [3.63, 3.8) is 0 Å². The summed E-state index contributed by atoms with van der Waals surface area (Å²) in [6.45, 7) is 3.97. The summed E-state index contributed by atoms with van der Waals surface area (Å²) < 4.78 is 0.154. The Balaban J connectivity index is 2.12.